The predicted octanol–water partition coefficient (Wildman–Crippen LogP) is 2.72. The SMILES string of the molecule is C[C@H](NC(=O)c1cnn2cccnc12)c1cc2cccc(Cl)c2c(=O)[nH]1. The van der Waals surface area contributed by atoms with Crippen LogP contribution in [-0.2, 0) is 0 Å². The van der Waals surface area contributed by atoms with E-state index in [1.165, 1.54) is 10.7 Å². The molecule has 0 radical (unpaired) electrons. The van der Waals surface area contributed by atoms with Gasteiger partial charge >= 0.3 is 0 Å². The second-order valence-electron chi connectivity index (χ2n) is 5.90. The third kappa shape index (κ3) is 2.72. The normalized spacial score (nSPS) is 12.4. The molecule has 8 heteroatoms. The van der Waals surface area contributed by atoms with Crippen LogP contribution in [-0.4, -0.2) is 25.5 Å². The summed E-state index contributed by atoms with van der Waals surface area (Å²) in [5.41, 5.74) is 1.13. The maximum Gasteiger partial charge on any atom is 0.257 e. The molecule has 4 rings (SSSR count). The van der Waals surface area contributed by atoms with Gasteiger partial charge in [0.1, 0.15) is 5.56 Å². The maximum atomic E-state index is 12.6. The molecule has 0 fully saturated rings. The van der Waals surface area contributed by atoms with Crippen molar-refractivity contribution in [1.82, 2.24) is 24.9 Å². The Morgan fingerprint density at radius 1 is 1.35 bits per heavy atom. The fourth-order valence-corrected chi connectivity index (χ4v) is 3.14. The van der Waals surface area contributed by atoms with Crippen molar-refractivity contribution in [2.24, 2.45) is 0 Å². The highest BCUT2D eigenvalue weighted by atomic mass is 35.5. The summed E-state index contributed by atoms with van der Waals surface area (Å²) in [5, 5.41) is 8.51. The van der Waals surface area contributed by atoms with Gasteiger partial charge in [-0.3, -0.25) is 9.59 Å². The molecule has 2 N–H and O–H groups in total. The molecule has 0 saturated heterocycles. The number of carbonyl (C=O) groups is 1. The van der Waals surface area contributed by atoms with Crippen molar-refractivity contribution in [1.29, 1.82) is 0 Å². The van der Waals surface area contributed by atoms with Gasteiger partial charge in [-0.05, 0) is 30.5 Å². The highest BCUT2D eigenvalue weighted by Gasteiger charge is 2.18. The second kappa shape index (κ2) is 6.27. The minimum Gasteiger partial charge on any atom is -0.344 e. The number of hydrogen-bond donors (Lipinski definition) is 2. The molecular formula is C18H14ClN5O2. The molecule has 3 heterocycles. The number of aromatic nitrogens is 4. The van der Waals surface area contributed by atoms with Crippen LogP contribution in [0.4, 0.5) is 0 Å². The smallest absolute Gasteiger partial charge is 0.257 e. The van der Waals surface area contributed by atoms with E-state index in [9.17, 15) is 9.59 Å². The Labute approximate surface area is 152 Å². The largest absolute Gasteiger partial charge is 0.344 e. The highest BCUT2D eigenvalue weighted by molar-refractivity contribution is 6.35. The van der Waals surface area contributed by atoms with Crippen LogP contribution in [0.25, 0.3) is 16.4 Å². The van der Waals surface area contributed by atoms with Crippen LogP contribution in [0.5, 0.6) is 0 Å². The number of nitrogens with zero attached hydrogens (tertiary/aromatic N) is 3. The molecule has 3 aromatic heterocycles. The molecule has 0 unspecified atom stereocenters. The van der Waals surface area contributed by atoms with Crippen molar-refractivity contribution in [3.63, 3.8) is 0 Å². The van der Waals surface area contributed by atoms with Crippen molar-refractivity contribution in [2.45, 2.75) is 13.0 Å². The van der Waals surface area contributed by atoms with E-state index >= 15 is 0 Å². The Morgan fingerprint density at radius 3 is 3.04 bits per heavy atom. The van der Waals surface area contributed by atoms with Gasteiger partial charge in [-0.15, -0.1) is 0 Å². The zero-order valence-corrected chi connectivity index (χ0v) is 14.5. The van der Waals surface area contributed by atoms with Crippen LogP contribution in [0.15, 0.2) is 53.7 Å². The number of benzene rings is 1. The van der Waals surface area contributed by atoms with E-state index in [0.717, 1.165) is 5.39 Å². The third-order valence-electron chi connectivity index (χ3n) is 4.18. The van der Waals surface area contributed by atoms with Gasteiger partial charge < -0.3 is 10.3 Å². The zero-order valence-electron chi connectivity index (χ0n) is 13.7. The third-order valence-corrected chi connectivity index (χ3v) is 4.49. The lowest BCUT2D eigenvalue weighted by Gasteiger charge is -2.14. The van der Waals surface area contributed by atoms with Crippen molar-refractivity contribution in [3.8, 4) is 0 Å². The van der Waals surface area contributed by atoms with Crippen molar-refractivity contribution in [3.05, 3.63) is 75.6 Å². The molecule has 1 amide bonds. The van der Waals surface area contributed by atoms with Gasteiger partial charge in [0, 0.05) is 18.1 Å². The summed E-state index contributed by atoms with van der Waals surface area (Å²) in [6.45, 7) is 1.79. The molecule has 4 aromatic rings. The topological polar surface area (TPSA) is 92.2 Å². The minimum absolute atomic E-state index is 0.290. The van der Waals surface area contributed by atoms with Crippen LogP contribution in [0.3, 0.4) is 0 Å². The van der Waals surface area contributed by atoms with Gasteiger partial charge in [0.15, 0.2) is 5.65 Å². The molecule has 26 heavy (non-hydrogen) atoms. The molecule has 0 aliphatic heterocycles. The Kier molecular flexibility index (Phi) is 3.93. The molecule has 0 aliphatic rings. The molecule has 130 valence electrons. The van der Waals surface area contributed by atoms with Crippen molar-refractivity contribution < 1.29 is 4.79 Å². The first kappa shape index (κ1) is 16.3. The Balaban J connectivity index is 1.66. The number of halogens is 1. The van der Waals surface area contributed by atoms with Gasteiger partial charge in [-0.1, -0.05) is 23.7 Å². The zero-order chi connectivity index (χ0) is 18.3. The van der Waals surface area contributed by atoms with Gasteiger partial charge in [0.25, 0.3) is 11.5 Å². The molecule has 1 aromatic carbocycles. The number of fused-ring (bicyclic) bond motifs is 2. The van der Waals surface area contributed by atoms with E-state index in [1.54, 1.807) is 37.5 Å². The fraction of sp³-hybridized carbons (Fsp3) is 0.111. The van der Waals surface area contributed by atoms with Gasteiger partial charge in [0.2, 0.25) is 0 Å². The van der Waals surface area contributed by atoms with Crippen LogP contribution in [0.2, 0.25) is 5.02 Å². The molecule has 0 aliphatic carbocycles. The Morgan fingerprint density at radius 2 is 2.19 bits per heavy atom. The number of amides is 1. The quantitative estimate of drug-likeness (QED) is 0.582. The standard InChI is InChI=1S/C18H14ClN5O2/c1-10(14-8-11-4-2-5-13(19)15(11)18(26)23-14)22-17(25)12-9-21-24-7-3-6-20-16(12)24/h2-10H,1H3,(H,22,25)(H,23,26)/t10-/m0/s1. The Bertz CT molecular complexity index is 1200. The van der Waals surface area contributed by atoms with E-state index in [1.807, 2.05) is 12.1 Å². The molecule has 0 spiro atoms. The number of pyridine rings is 1. The molecular weight excluding hydrogens is 354 g/mol. The lowest BCUT2D eigenvalue weighted by Crippen LogP contribution is -2.28. The molecule has 0 bridgehead atoms. The minimum atomic E-state index is -0.419. The molecule has 0 saturated carbocycles. The first-order valence-corrected chi connectivity index (χ1v) is 8.33. The summed E-state index contributed by atoms with van der Waals surface area (Å²) >= 11 is 6.10. The predicted molar refractivity (Wildman–Crippen MR) is 98.4 cm³/mol. The van der Waals surface area contributed by atoms with E-state index in [0.29, 0.717) is 27.3 Å². The second-order valence-corrected chi connectivity index (χ2v) is 6.31. The summed E-state index contributed by atoms with van der Waals surface area (Å²) in [7, 11) is 0. The summed E-state index contributed by atoms with van der Waals surface area (Å²) in [6, 6.07) is 8.38. The van der Waals surface area contributed by atoms with Crippen molar-refractivity contribution in [2.75, 3.05) is 0 Å². The van der Waals surface area contributed by atoms with E-state index < -0.39 is 6.04 Å². The lowest BCUT2D eigenvalue weighted by atomic mass is 10.1. The number of nitrogens with one attached hydrogen (secondary N) is 2. The summed E-state index contributed by atoms with van der Waals surface area (Å²) in [5.74, 6) is -0.321. The van der Waals surface area contributed by atoms with Crippen molar-refractivity contribution >= 4 is 33.9 Å². The summed E-state index contributed by atoms with van der Waals surface area (Å²) < 4.78 is 1.53. The van der Waals surface area contributed by atoms with E-state index in [4.69, 9.17) is 11.6 Å². The lowest BCUT2D eigenvalue weighted by molar-refractivity contribution is 0.0940. The average molecular weight is 368 g/mol. The van der Waals surface area contributed by atoms with Crippen LogP contribution in [0.1, 0.15) is 29.0 Å². The number of carbonyl (C=O) groups excluding carboxylic acids is 1. The van der Waals surface area contributed by atoms with Crippen LogP contribution >= 0.6 is 11.6 Å². The summed E-state index contributed by atoms with van der Waals surface area (Å²) in [6.07, 6.45) is 4.78. The fourth-order valence-electron chi connectivity index (χ4n) is 2.87. The number of aromatic amines is 1. The summed E-state index contributed by atoms with van der Waals surface area (Å²) in [4.78, 5) is 31.9. The van der Waals surface area contributed by atoms with Gasteiger partial charge in [0.05, 0.1) is 22.6 Å². The van der Waals surface area contributed by atoms with Crippen LogP contribution < -0.4 is 10.9 Å². The maximum absolute atomic E-state index is 12.6. The van der Waals surface area contributed by atoms with Gasteiger partial charge in [-0.2, -0.15) is 5.10 Å². The molecule has 7 nitrogen and oxygen atoms in total. The first-order chi connectivity index (χ1) is 12.5. The van der Waals surface area contributed by atoms with Gasteiger partial charge in [-0.25, -0.2) is 9.50 Å². The number of rotatable bonds is 3. The number of hydrogen-bond acceptors (Lipinski definition) is 4. The van der Waals surface area contributed by atoms with E-state index in [2.05, 4.69) is 20.4 Å². The number of H-pyrrole nitrogens is 1. The Hall–Kier alpha value is -3.19. The monoisotopic (exact) mass is 367 g/mol. The highest BCUT2D eigenvalue weighted by Crippen LogP contribution is 2.22. The molecule has 1 atom stereocenters. The average Bonchev–Trinajstić information content (AvgIpc) is 3.05. The van der Waals surface area contributed by atoms with E-state index in [-0.39, 0.29) is 11.5 Å². The van der Waals surface area contributed by atoms with Crippen LogP contribution in [0, 0.1) is 0 Å². The first-order valence-electron chi connectivity index (χ1n) is 7.95.